The molecule has 1 amide bonds. The zero-order valence-corrected chi connectivity index (χ0v) is 10.2. The Labute approximate surface area is 87.1 Å². The topological polar surface area (TPSA) is 40.5 Å². The molecule has 0 aromatic carbocycles. The first-order valence-corrected chi connectivity index (χ1v) is 5.20. The molecule has 0 bridgehead atoms. The molecule has 0 saturated heterocycles. The van der Waals surface area contributed by atoms with Gasteiger partial charge in [0.25, 0.3) is 0 Å². The van der Waals surface area contributed by atoms with E-state index in [1.54, 1.807) is 21.0 Å². The number of carbonyl (C=O) groups excluding carboxylic acids is 1. The van der Waals surface area contributed by atoms with Gasteiger partial charge in [-0.1, -0.05) is 27.7 Å². The normalized spacial score (nSPS) is 17.7. The Morgan fingerprint density at radius 1 is 1.36 bits per heavy atom. The molecule has 0 saturated carbocycles. The van der Waals surface area contributed by atoms with Crippen molar-refractivity contribution in [2.75, 3.05) is 14.1 Å². The molecule has 0 aliphatic rings. The SMILES string of the molecule is CC[C@@](O)(C(C)C)[C@@H](C)C(=O)N(C)C. The number of rotatable bonds is 4. The number of amides is 1. The van der Waals surface area contributed by atoms with Crippen LogP contribution >= 0.6 is 0 Å². The fraction of sp³-hybridized carbons (Fsp3) is 0.909. The number of carbonyl (C=O) groups is 1. The Hall–Kier alpha value is -0.570. The minimum absolute atomic E-state index is 0.0111. The van der Waals surface area contributed by atoms with Crippen molar-refractivity contribution in [1.29, 1.82) is 0 Å². The van der Waals surface area contributed by atoms with Gasteiger partial charge in [0.15, 0.2) is 0 Å². The summed E-state index contributed by atoms with van der Waals surface area (Å²) in [7, 11) is 3.44. The molecule has 2 atom stereocenters. The van der Waals surface area contributed by atoms with Crippen LogP contribution in [0.3, 0.4) is 0 Å². The molecule has 84 valence electrons. The second-order valence-corrected chi connectivity index (χ2v) is 4.45. The Balaban J connectivity index is 4.78. The molecule has 0 aliphatic heterocycles. The summed E-state index contributed by atoms with van der Waals surface area (Å²) in [6.07, 6.45) is 0.603. The summed E-state index contributed by atoms with van der Waals surface area (Å²) in [6, 6.07) is 0. The van der Waals surface area contributed by atoms with Gasteiger partial charge in [-0.05, 0) is 12.3 Å². The summed E-state index contributed by atoms with van der Waals surface area (Å²) in [6.45, 7) is 7.61. The maximum Gasteiger partial charge on any atom is 0.227 e. The molecule has 3 heteroatoms. The zero-order chi connectivity index (χ0) is 11.5. The van der Waals surface area contributed by atoms with Crippen molar-refractivity contribution in [2.24, 2.45) is 11.8 Å². The molecule has 0 heterocycles. The summed E-state index contributed by atoms with van der Waals surface area (Å²) in [5.74, 6) is -0.267. The second kappa shape index (κ2) is 4.78. The molecule has 0 aromatic heterocycles. The van der Waals surface area contributed by atoms with Crippen LogP contribution in [0.15, 0.2) is 0 Å². The van der Waals surface area contributed by atoms with E-state index in [4.69, 9.17) is 0 Å². The largest absolute Gasteiger partial charge is 0.389 e. The van der Waals surface area contributed by atoms with E-state index in [9.17, 15) is 9.90 Å². The number of hydrogen-bond donors (Lipinski definition) is 1. The molecule has 1 N–H and O–H groups in total. The molecule has 0 fully saturated rings. The number of hydrogen-bond acceptors (Lipinski definition) is 2. The van der Waals surface area contributed by atoms with E-state index >= 15 is 0 Å². The van der Waals surface area contributed by atoms with Crippen molar-refractivity contribution in [2.45, 2.75) is 39.7 Å². The summed E-state index contributed by atoms with van der Waals surface area (Å²) in [5, 5.41) is 10.3. The third-order valence-electron chi connectivity index (χ3n) is 3.13. The Kier molecular flexibility index (Phi) is 4.59. The lowest BCUT2D eigenvalue weighted by atomic mass is 9.77. The minimum Gasteiger partial charge on any atom is -0.389 e. The molecule has 0 aliphatic carbocycles. The Morgan fingerprint density at radius 3 is 2.00 bits per heavy atom. The van der Waals surface area contributed by atoms with E-state index in [0.717, 1.165) is 0 Å². The monoisotopic (exact) mass is 201 g/mol. The van der Waals surface area contributed by atoms with Crippen molar-refractivity contribution < 1.29 is 9.90 Å². The van der Waals surface area contributed by atoms with Crippen LogP contribution in [0, 0.1) is 11.8 Å². The standard InChI is InChI=1S/C11H23NO2/c1-7-11(14,8(2)3)9(4)10(13)12(5)6/h8-9,14H,7H2,1-6H3/t9-,11+/m0/s1. The van der Waals surface area contributed by atoms with Gasteiger partial charge < -0.3 is 10.0 Å². The van der Waals surface area contributed by atoms with E-state index in [-0.39, 0.29) is 17.7 Å². The molecule has 0 unspecified atom stereocenters. The molecule has 0 spiro atoms. The van der Waals surface area contributed by atoms with Crippen LogP contribution in [-0.4, -0.2) is 35.6 Å². The van der Waals surface area contributed by atoms with Crippen LogP contribution in [0.4, 0.5) is 0 Å². The highest BCUT2D eigenvalue weighted by molar-refractivity contribution is 5.79. The lowest BCUT2D eigenvalue weighted by Crippen LogP contribution is -2.48. The molecular formula is C11H23NO2. The summed E-state index contributed by atoms with van der Waals surface area (Å²) in [4.78, 5) is 13.3. The van der Waals surface area contributed by atoms with Gasteiger partial charge in [-0.25, -0.2) is 0 Å². The van der Waals surface area contributed by atoms with Gasteiger partial charge in [-0.3, -0.25) is 4.79 Å². The van der Waals surface area contributed by atoms with Gasteiger partial charge in [-0.2, -0.15) is 0 Å². The van der Waals surface area contributed by atoms with E-state index in [0.29, 0.717) is 6.42 Å². The van der Waals surface area contributed by atoms with Crippen molar-refractivity contribution in [1.82, 2.24) is 4.90 Å². The molecular weight excluding hydrogens is 178 g/mol. The zero-order valence-electron chi connectivity index (χ0n) is 10.2. The molecule has 0 aromatic rings. The Bertz CT molecular complexity index is 201. The summed E-state index contributed by atoms with van der Waals surface area (Å²) in [5.41, 5.74) is -0.888. The minimum atomic E-state index is -0.888. The quantitative estimate of drug-likeness (QED) is 0.749. The fourth-order valence-corrected chi connectivity index (χ4v) is 1.82. The smallest absolute Gasteiger partial charge is 0.227 e. The van der Waals surface area contributed by atoms with E-state index in [1.807, 2.05) is 20.8 Å². The predicted octanol–water partition coefficient (Wildman–Crippen LogP) is 1.51. The average Bonchev–Trinajstić information content (AvgIpc) is 2.13. The maximum atomic E-state index is 11.7. The van der Waals surface area contributed by atoms with E-state index < -0.39 is 5.60 Å². The highest BCUT2D eigenvalue weighted by Gasteiger charge is 2.39. The van der Waals surface area contributed by atoms with Gasteiger partial charge in [0, 0.05) is 14.1 Å². The third-order valence-corrected chi connectivity index (χ3v) is 3.13. The fourth-order valence-electron chi connectivity index (χ4n) is 1.82. The first-order valence-electron chi connectivity index (χ1n) is 5.20. The van der Waals surface area contributed by atoms with Gasteiger partial charge >= 0.3 is 0 Å². The van der Waals surface area contributed by atoms with Crippen molar-refractivity contribution in [3.8, 4) is 0 Å². The van der Waals surface area contributed by atoms with E-state index in [2.05, 4.69) is 0 Å². The highest BCUT2D eigenvalue weighted by Crippen LogP contribution is 2.30. The van der Waals surface area contributed by atoms with Crippen LogP contribution in [0.2, 0.25) is 0 Å². The van der Waals surface area contributed by atoms with Crippen LogP contribution in [0.1, 0.15) is 34.1 Å². The van der Waals surface area contributed by atoms with Crippen molar-refractivity contribution in [3.05, 3.63) is 0 Å². The first-order chi connectivity index (χ1) is 6.27. The van der Waals surface area contributed by atoms with Crippen molar-refractivity contribution >= 4 is 5.91 Å². The molecule has 3 nitrogen and oxygen atoms in total. The van der Waals surface area contributed by atoms with Gasteiger partial charge in [0.1, 0.15) is 0 Å². The van der Waals surface area contributed by atoms with Gasteiger partial charge in [0.05, 0.1) is 11.5 Å². The van der Waals surface area contributed by atoms with Crippen LogP contribution in [0.25, 0.3) is 0 Å². The van der Waals surface area contributed by atoms with Gasteiger partial charge in [0.2, 0.25) is 5.91 Å². The van der Waals surface area contributed by atoms with Crippen molar-refractivity contribution in [3.63, 3.8) is 0 Å². The molecule has 0 radical (unpaired) electrons. The first kappa shape index (κ1) is 13.4. The van der Waals surface area contributed by atoms with Crippen LogP contribution in [0.5, 0.6) is 0 Å². The average molecular weight is 201 g/mol. The maximum absolute atomic E-state index is 11.7. The van der Waals surface area contributed by atoms with Crippen LogP contribution in [-0.2, 0) is 4.79 Å². The third kappa shape index (κ3) is 2.47. The summed E-state index contributed by atoms with van der Waals surface area (Å²) >= 11 is 0. The lowest BCUT2D eigenvalue weighted by Gasteiger charge is -2.37. The molecule has 14 heavy (non-hydrogen) atoms. The second-order valence-electron chi connectivity index (χ2n) is 4.45. The number of nitrogens with zero attached hydrogens (tertiary/aromatic N) is 1. The molecule has 0 rings (SSSR count). The number of aliphatic hydroxyl groups is 1. The van der Waals surface area contributed by atoms with Gasteiger partial charge in [-0.15, -0.1) is 0 Å². The highest BCUT2D eigenvalue weighted by atomic mass is 16.3. The summed E-state index contributed by atoms with van der Waals surface area (Å²) < 4.78 is 0. The predicted molar refractivity (Wildman–Crippen MR) is 57.9 cm³/mol. The lowest BCUT2D eigenvalue weighted by molar-refractivity contribution is -0.146. The Morgan fingerprint density at radius 2 is 1.79 bits per heavy atom. The van der Waals surface area contributed by atoms with Crippen LogP contribution < -0.4 is 0 Å². The van der Waals surface area contributed by atoms with E-state index in [1.165, 1.54) is 4.90 Å².